The maximum Gasteiger partial charge on any atom is 0.129 e. The topological polar surface area (TPSA) is 37.8 Å². The Morgan fingerprint density at radius 1 is 1.33 bits per heavy atom. The van der Waals surface area contributed by atoms with Gasteiger partial charge in [0.1, 0.15) is 12.1 Å². The molecule has 2 rings (SSSR count). The van der Waals surface area contributed by atoms with Gasteiger partial charge in [0.2, 0.25) is 0 Å². The van der Waals surface area contributed by atoms with E-state index in [9.17, 15) is 0 Å². The third kappa shape index (κ3) is 2.55. The quantitative estimate of drug-likeness (QED) is 0.764. The van der Waals surface area contributed by atoms with E-state index in [1.165, 1.54) is 0 Å². The van der Waals surface area contributed by atoms with E-state index in [1.54, 1.807) is 6.33 Å². The summed E-state index contributed by atoms with van der Waals surface area (Å²) in [5.74, 6) is 1.52. The van der Waals surface area contributed by atoms with Crippen molar-refractivity contribution in [3.63, 3.8) is 0 Å². The van der Waals surface area contributed by atoms with Crippen LogP contribution in [0.5, 0.6) is 0 Å². The summed E-state index contributed by atoms with van der Waals surface area (Å²) in [6.07, 6.45) is 9.46. The molecule has 0 fully saturated rings. The standard InChI is InChI=1S/C12H17N3/c1-2-7-13-12-8-11(14-9-15-12)10-5-3-4-6-10/h3-4,8-10H,2,5-7H2,1H3,(H,13,14,15). The van der Waals surface area contributed by atoms with E-state index in [0.717, 1.165) is 37.3 Å². The minimum absolute atomic E-state index is 0.565. The summed E-state index contributed by atoms with van der Waals surface area (Å²) in [6.45, 7) is 3.12. The number of hydrogen-bond donors (Lipinski definition) is 1. The summed E-state index contributed by atoms with van der Waals surface area (Å²) in [5, 5.41) is 3.29. The van der Waals surface area contributed by atoms with Gasteiger partial charge in [-0.3, -0.25) is 0 Å². The molecule has 0 bridgehead atoms. The fourth-order valence-corrected chi connectivity index (χ4v) is 1.80. The molecule has 0 radical (unpaired) electrons. The fourth-order valence-electron chi connectivity index (χ4n) is 1.80. The van der Waals surface area contributed by atoms with Crippen molar-refractivity contribution in [3.8, 4) is 0 Å². The van der Waals surface area contributed by atoms with E-state index in [4.69, 9.17) is 0 Å². The van der Waals surface area contributed by atoms with Crippen LogP contribution in [-0.4, -0.2) is 16.5 Å². The maximum absolute atomic E-state index is 4.34. The van der Waals surface area contributed by atoms with Crippen LogP contribution in [0.3, 0.4) is 0 Å². The Bertz CT molecular complexity index is 338. The summed E-state index contributed by atoms with van der Waals surface area (Å²) < 4.78 is 0. The number of rotatable bonds is 4. The predicted molar refractivity (Wildman–Crippen MR) is 61.9 cm³/mol. The molecule has 1 aliphatic rings. The molecule has 1 aromatic heterocycles. The van der Waals surface area contributed by atoms with Gasteiger partial charge >= 0.3 is 0 Å². The van der Waals surface area contributed by atoms with Crippen molar-refractivity contribution in [1.82, 2.24) is 9.97 Å². The van der Waals surface area contributed by atoms with Crippen molar-refractivity contribution < 1.29 is 0 Å². The van der Waals surface area contributed by atoms with Crippen LogP contribution >= 0.6 is 0 Å². The first-order valence-corrected chi connectivity index (χ1v) is 5.61. The first-order valence-electron chi connectivity index (χ1n) is 5.61. The molecule has 0 saturated carbocycles. The Morgan fingerprint density at radius 2 is 2.13 bits per heavy atom. The molecular formula is C12H17N3. The van der Waals surface area contributed by atoms with Crippen LogP contribution in [0, 0.1) is 0 Å². The van der Waals surface area contributed by atoms with E-state index >= 15 is 0 Å². The summed E-state index contributed by atoms with van der Waals surface area (Å²) in [7, 11) is 0. The number of allylic oxidation sites excluding steroid dienone is 2. The van der Waals surface area contributed by atoms with Crippen molar-refractivity contribution in [2.75, 3.05) is 11.9 Å². The van der Waals surface area contributed by atoms with Gasteiger partial charge in [-0.25, -0.2) is 9.97 Å². The maximum atomic E-state index is 4.34. The van der Waals surface area contributed by atoms with Gasteiger partial charge in [-0.15, -0.1) is 0 Å². The summed E-state index contributed by atoms with van der Waals surface area (Å²) in [4.78, 5) is 8.54. The lowest BCUT2D eigenvalue weighted by molar-refractivity contribution is 0.720. The van der Waals surface area contributed by atoms with E-state index < -0.39 is 0 Å². The minimum atomic E-state index is 0.565. The molecule has 0 atom stereocenters. The van der Waals surface area contributed by atoms with Gasteiger partial charge in [0.05, 0.1) is 0 Å². The second-order valence-corrected chi connectivity index (χ2v) is 3.89. The normalized spacial score (nSPS) is 15.8. The van der Waals surface area contributed by atoms with Gasteiger partial charge in [0.25, 0.3) is 0 Å². The zero-order chi connectivity index (χ0) is 10.5. The lowest BCUT2D eigenvalue weighted by atomic mass is 10.0. The molecule has 1 N–H and O–H groups in total. The zero-order valence-corrected chi connectivity index (χ0v) is 9.11. The van der Waals surface area contributed by atoms with Gasteiger partial charge < -0.3 is 5.32 Å². The van der Waals surface area contributed by atoms with E-state index in [1.807, 2.05) is 0 Å². The molecule has 15 heavy (non-hydrogen) atoms. The molecule has 1 aliphatic carbocycles. The molecule has 0 saturated heterocycles. The highest BCUT2D eigenvalue weighted by molar-refractivity contribution is 5.36. The highest BCUT2D eigenvalue weighted by Gasteiger charge is 2.14. The van der Waals surface area contributed by atoms with Crippen molar-refractivity contribution in [2.45, 2.75) is 32.1 Å². The van der Waals surface area contributed by atoms with Gasteiger partial charge in [0, 0.05) is 24.2 Å². The molecule has 1 aromatic rings. The van der Waals surface area contributed by atoms with Crippen LogP contribution < -0.4 is 5.32 Å². The fraction of sp³-hybridized carbons (Fsp3) is 0.500. The largest absolute Gasteiger partial charge is 0.370 e. The Balaban J connectivity index is 2.04. The van der Waals surface area contributed by atoms with Crippen LogP contribution in [0.15, 0.2) is 24.5 Å². The van der Waals surface area contributed by atoms with Crippen molar-refractivity contribution >= 4 is 5.82 Å². The molecule has 0 unspecified atom stereocenters. The highest BCUT2D eigenvalue weighted by Crippen LogP contribution is 2.28. The van der Waals surface area contributed by atoms with Crippen LogP contribution in [0.25, 0.3) is 0 Å². The SMILES string of the molecule is CCCNc1cc(C2CC=CC2)ncn1. The number of nitrogens with one attached hydrogen (secondary N) is 1. The predicted octanol–water partition coefficient (Wildman–Crippen LogP) is 2.73. The molecular weight excluding hydrogens is 186 g/mol. The van der Waals surface area contributed by atoms with E-state index in [2.05, 4.69) is 40.4 Å². The molecule has 3 heteroatoms. The number of aromatic nitrogens is 2. The molecule has 1 heterocycles. The molecule has 0 aromatic carbocycles. The number of anilines is 1. The van der Waals surface area contributed by atoms with Crippen LogP contribution in [-0.2, 0) is 0 Å². The molecule has 0 amide bonds. The summed E-state index contributed by atoms with van der Waals surface area (Å²) in [5.41, 5.74) is 1.16. The number of hydrogen-bond acceptors (Lipinski definition) is 3. The molecule has 3 nitrogen and oxygen atoms in total. The number of nitrogens with zero attached hydrogens (tertiary/aromatic N) is 2. The third-order valence-electron chi connectivity index (χ3n) is 2.67. The first kappa shape index (κ1) is 10.1. The second kappa shape index (κ2) is 4.91. The monoisotopic (exact) mass is 203 g/mol. The van der Waals surface area contributed by atoms with Crippen LogP contribution in [0.2, 0.25) is 0 Å². The van der Waals surface area contributed by atoms with Gasteiger partial charge in [-0.05, 0) is 19.3 Å². The Hall–Kier alpha value is -1.38. The highest BCUT2D eigenvalue weighted by atomic mass is 15.0. The lowest BCUT2D eigenvalue weighted by Crippen LogP contribution is -2.04. The molecule has 0 aliphatic heterocycles. The van der Waals surface area contributed by atoms with Crippen molar-refractivity contribution in [2.24, 2.45) is 0 Å². The summed E-state index contributed by atoms with van der Waals surface area (Å²) >= 11 is 0. The van der Waals surface area contributed by atoms with Crippen molar-refractivity contribution in [3.05, 3.63) is 30.2 Å². The van der Waals surface area contributed by atoms with Gasteiger partial charge in [-0.2, -0.15) is 0 Å². The lowest BCUT2D eigenvalue weighted by Gasteiger charge is -2.10. The Morgan fingerprint density at radius 3 is 2.87 bits per heavy atom. The minimum Gasteiger partial charge on any atom is -0.370 e. The Labute approximate surface area is 90.6 Å². The molecule has 0 spiro atoms. The van der Waals surface area contributed by atoms with Crippen LogP contribution in [0.4, 0.5) is 5.82 Å². The average molecular weight is 203 g/mol. The van der Waals surface area contributed by atoms with E-state index in [0.29, 0.717) is 5.92 Å². The first-order chi connectivity index (χ1) is 7.40. The third-order valence-corrected chi connectivity index (χ3v) is 2.67. The average Bonchev–Trinajstić information content (AvgIpc) is 2.80. The molecule has 80 valence electrons. The van der Waals surface area contributed by atoms with Gasteiger partial charge in [0.15, 0.2) is 0 Å². The van der Waals surface area contributed by atoms with E-state index in [-0.39, 0.29) is 0 Å². The Kier molecular flexibility index (Phi) is 3.33. The zero-order valence-electron chi connectivity index (χ0n) is 9.11. The van der Waals surface area contributed by atoms with Gasteiger partial charge in [-0.1, -0.05) is 19.1 Å². The van der Waals surface area contributed by atoms with Crippen molar-refractivity contribution in [1.29, 1.82) is 0 Å². The van der Waals surface area contributed by atoms with Crippen LogP contribution in [0.1, 0.15) is 37.8 Å². The second-order valence-electron chi connectivity index (χ2n) is 3.89. The smallest absolute Gasteiger partial charge is 0.129 e. The summed E-state index contributed by atoms with van der Waals surface area (Å²) in [6, 6.07) is 2.08.